The number of oxime groups is 1. The summed E-state index contributed by atoms with van der Waals surface area (Å²) in [5.41, 5.74) is 2.96. The van der Waals surface area contributed by atoms with Gasteiger partial charge in [0.05, 0.1) is 6.21 Å². The van der Waals surface area contributed by atoms with Crippen molar-refractivity contribution in [2.45, 2.75) is 20.3 Å². The molecule has 5 nitrogen and oxygen atoms in total. The van der Waals surface area contributed by atoms with Crippen LogP contribution in [0.15, 0.2) is 53.7 Å². The highest BCUT2D eigenvalue weighted by molar-refractivity contribution is 5.79. The van der Waals surface area contributed by atoms with Crippen LogP contribution in [-0.2, 0) is 16.1 Å². The molecule has 0 saturated carbocycles. The zero-order chi connectivity index (χ0) is 19.5. The minimum absolute atomic E-state index is 0.315. The first-order chi connectivity index (χ1) is 13.0. The van der Waals surface area contributed by atoms with E-state index < -0.39 is 12.6 Å². The number of nitrogens with zero attached hydrogens (tertiary/aromatic N) is 1. The zero-order valence-electron chi connectivity index (χ0n) is 15.5. The number of carbonyl (C=O) groups is 1. The molecule has 0 bridgehead atoms. The first-order valence-corrected chi connectivity index (χ1v) is 8.70. The van der Waals surface area contributed by atoms with Gasteiger partial charge in [0.15, 0.2) is 0 Å². The lowest BCUT2D eigenvalue weighted by atomic mass is 10.0. The summed E-state index contributed by atoms with van der Waals surface area (Å²) in [7, 11) is 0. The molecule has 2 aromatic rings. The lowest BCUT2D eigenvalue weighted by Crippen LogP contribution is -2.03. The fourth-order valence-electron chi connectivity index (χ4n) is 2.29. The molecule has 0 aliphatic rings. The maximum absolute atomic E-state index is 10.3. The number of carboxylic acids is 1. The highest BCUT2D eigenvalue weighted by Crippen LogP contribution is 2.14. The summed E-state index contributed by atoms with van der Waals surface area (Å²) in [6, 6.07) is 15.5. The molecular formula is C22H23NO4. The fourth-order valence-corrected chi connectivity index (χ4v) is 2.29. The Morgan fingerprint density at radius 2 is 1.85 bits per heavy atom. The molecule has 0 aliphatic heterocycles. The number of aliphatic carboxylic acids is 1. The second-order valence-electron chi connectivity index (χ2n) is 6.36. The van der Waals surface area contributed by atoms with E-state index in [0.29, 0.717) is 12.5 Å². The number of benzene rings is 2. The Morgan fingerprint density at radius 3 is 2.48 bits per heavy atom. The van der Waals surface area contributed by atoms with Crippen LogP contribution in [-0.4, -0.2) is 30.5 Å². The van der Waals surface area contributed by atoms with E-state index in [4.69, 9.17) is 9.84 Å². The summed E-state index contributed by atoms with van der Waals surface area (Å²) in [5.74, 6) is 6.40. The van der Waals surface area contributed by atoms with Crippen molar-refractivity contribution in [1.82, 2.24) is 0 Å². The Hall–Kier alpha value is -3.26. The minimum Gasteiger partial charge on any atom is -0.481 e. The third-order valence-corrected chi connectivity index (χ3v) is 3.49. The molecule has 0 heterocycles. The van der Waals surface area contributed by atoms with Crippen molar-refractivity contribution in [2.24, 2.45) is 11.1 Å². The van der Waals surface area contributed by atoms with Gasteiger partial charge in [-0.2, -0.15) is 0 Å². The maximum Gasteiger partial charge on any atom is 0.344 e. The van der Waals surface area contributed by atoms with Crippen LogP contribution >= 0.6 is 0 Å². The third kappa shape index (κ3) is 8.10. The lowest BCUT2D eigenvalue weighted by Gasteiger charge is -2.06. The van der Waals surface area contributed by atoms with E-state index in [0.717, 1.165) is 23.3 Å². The lowest BCUT2D eigenvalue weighted by molar-refractivity contribution is -0.142. The molecule has 0 atom stereocenters. The van der Waals surface area contributed by atoms with Gasteiger partial charge in [-0.05, 0) is 47.7 Å². The van der Waals surface area contributed by atoms with E-state index in [2.05, 4.69) is 47.8 Å². The van der Waals surface area contributed by atoms with Crippen molar-refractivity contribution in [1.29, 1.82) is 0 Å². The van der Waals surface area contributed by atoms with Gasteiger partial charge in [0.1, 0.15) is 12.4 Å². The number of ether oxygens (including phenoxy) is 1. The van der Waals surface area contributed by atoms with E-state index in [1.165, 1.54) is 11.8 Å². The quantitative estimate of drug-likeness (QED) is 0.439. The average Bonchev–Trinajstić information content (AvgIpc) is 2.64. The van der Waals surface area contributed by atoms with E-state index in [9.17, 15) is 4.79 Å². The molecule has 0 aromatic heterocycles. The van der Waals surface area contributed by atoms with Gasteiger partial charge in [0, 0.05) is 5.56 Å². The van der Waals surface area contributed by atoms with Crippen LogP contribution in [0.3, 0.4) is 0 Å². The van der Waals surface area contributed by atoms with Crippen LogP contribution < -0.4 is 4.74 Å². The van der Waals surface area contributed by atoms with Crippen molar-refractivity contribution in [3.05, 3.63) is 65.2 Å². The molecule has 1 N–H and O–H groups in total. The zero-order valence-corrected chi connectivity index (χ0v) is 15.5. The van der Waals surface area contributed by atoms with Crippen molar-refractivity contribution in [3.8, 4) is 17.6 Å². The molecule has 2 rings (SSSR count). The number of carboxylic acid groups (broad SMARTS) is 1. The summed E-state index contributed by atoms with van der Waals surface area (Å²) in [5, 5.41) is 12.0. The summed E-state index contributed by atoms with van der Waals surface area (Å²) in [4.78, 5) is 14.9. The van der Waals surface area contributed by atoms with Crippen LogP contribution in [0.1, 0.15) is 30.5 Å². The monoisotopic (exact) mass is 365 g/mol. The van der Waals surface area contributed by atoms with Crippen LogP contribution in [0.25, 0.3) is 0 Å². The summed E-state index contributed by atoms with van der Waals surface area (Å²) < 4.78 is 5.64. The average molecular weight is 365 g/mol. The van der Waals surface area contributed by atoms with E-state index >= 15 is 0 Å². The molecular weight excluding hydrogens is 342 g/mol. The van der Waals surface area contributed by atoms with Crippen LogP contribution in [0, 0.1) is 17.8 Å². The summed E-state index contributed by atoms with van der Waals surface area (Å²) in [6.07, 6.45) is 2.51. The predicted octanol–water partition coefficient (Wildman–Crippen LogP) is 3.75. The number of hydrogen-bond acceptors (Lipinski definition) is 4. The predicted molar refractivity (Wildman–Crippen MR) is 105 cm³/mol. The third-order valence-electron chi connectivity index (χ3n) is 3.49. The SMILES string of the molecule is CC(C)Cc1ccc(OCC#Cc2ccc(C=NOCC(=O)O)cc2)cc1. The minimum atomic E-state index is -1.06. The highest BCUT2D eigenvalue weighted by Gasteiger charge is 1.98. The Kier molecular flexibility index (Phi) is 7.92. The van der Waals surface area contributed by atoms with Gasteiger partial charge in [-0.1, -0.05) is 55.1 Å². The van der Waals surface area contributed by atoms with Gasteiger partial charge in [-0.3, -0.25) is 0 Å². The standard InChI is InChI=1S/C22H23NO4/c1-17(2)14-19-9-11-21(12-10-19)26-13-3-4-18-5-7-20(8-6-18)15-23-27-16-22(24)25/h5-12,15,17H,13-14,16H2,1-2H3,(H,24,25). The molecule has 0 spiro atoms. The van der Waals surface area contributed by atoms with Crippen molar-refractivity contribution in [3.63, 3.8) is 0 Å². The Morgan fingerprint density at radius 1 is 1.15 bits per heavy atom. The molecule has 0 radical (unpaired) electrons. The van der Waals surface area contributed by atoms with Gasteiger partial charge in [0.2, 0.25) is 6.61 Å². The normalized spacial score (nSPS) is 10.5. The maximum atomic E-state index is 10.3. The second-order valence-corrected chi connectivity index (χ2v) is 6.36. The van der Waals surface area contributed by atoms with E-state index in [-0.39, 0.29) is 0 Å². The summed E-state index contributed by atoms with van der Waals surface area (Å²) in [6.45, 7) is 4.26. The Balaban J connectivity index is 1.79. The van der Waals surface area contributed by atoms with Crippen molar-refractivity contribution < 1.29 is 19.5 Å². The Labute approximate surface area is 159 Å². The van der Waals surface area contributed by atoms with Crippen LogP contribution in [0.4, 0.5) is 0 Å². The van der Waals surface area contributed by atoms with E-state index in [1.54, 1.807) is 0 Å². The first-order valence-electron chi connectivity index (χ1n) is 8.70. The Bertz CT molecular complexity index is 812. The smallest absolute Gasteiger partial charge is 0.344 e. The molecule has 5 heteroatoms. The first kappa shape index (κ1) is 20.1. The highest BCUT2D eigenvalue weighted by atomic mass is 16.6. The van der Waals surface area contributed by atoms with Gasteiger partial charge >= 0.3 is 5.97 Å². The molecule has 0 aliphatic carbocycles. The second kappa shape index (κ2) is 10.7. The van der Waals surface area contributed by atoms with Crippen molar-refractivity contribution >= 4 is 12.2 Å². The van der Waals surface area contributed by atoms with Crippen LogP contribution in [0.2, 0.25) is 0 Å². The van der Waals surface area contributed by atoms with Gasteiger partial charge in [-0.15, -0.1) is 0 Å². The van der Waals surface area contributed by atoms with Gasteiger partial charge in [-0.25, -0.2) is 4.79 Å². The van der Waals surface area contributed by atoms with Crippen molar-refractivity contribution in [2.75, 3.05) is 13.2 Å². The van der Waals surface area contributed by atoms with E-state index in [1.807, 2.05) is 36.4 Å². The summed E-state index contributed by atoms with van der Waals surface area (Å²) >= 11 is 0. The number of hydrogen-bond donors (Lipinski definition) is 1. The topological polar surface area (TPSA) is 68.1 Å². The molecule has 2 aromatic carbocycles. The molecule has 0 fully saturated rings. The van der Waals surface area contributed by atoms with Gasteiger partial charge < -0.3 is 14.7 Å². The largest absolute Gasteiger partial charge is 0.481 e. The molecule has 0 amide bonds. The molecule has 0 saturated heterocycles. The van der Waals surface area contributed by atoms with Crippen LogP contribution in [0.5, 0.6) is 5.75 Å². The number of rotatable bonds is 8. The molecule has 27 heavy (non-hydrogen) atoms. The molecule has 0 unspecified atom stereocenters. The molecule has 140 valence electrons. The van der Waals surface area contributed by atoms with Gasteiger partial charge in [0.25, 0.3) is 0 Å². The fraction of sp³-hybridized carbons (Fsp3) is 0.273.